The van der Waals surface area contributed by atoms with Gasteiger partial charge in [0.2, 0.25) is 12.7 Å². The summed E-state index contributed by atoms with van der Waals surface area (Å²) in [6, 6.07) is 16.6. The van der Waals surface area contributed by atoms with Crippen LogP contribution in [0, 0.1) is 11.3 Å². The largest absolute Gasteiger partial charge is 0.454 e. The quantitative estimate of drug-likeness (QED) is 0.312. The zero-order valence-corrected chi connectivity index (χ0v) is 21.5. The molecule has 0 spiro atoms. The molecule has 0 radical (unpaired) electrons. The molecule has 9 nitrogen and oxygen atoms in total. The predicted molar refractivity (Wildman–Crippen MR) is 143 cm³/mol. The van der Waals surface area contributed by atoms with Crippen molar-refractivity contribution in [2.75, 3.05) is 6.79 Å². The topological polar surface area (TPSA) is 115 Å². The summed E-state index contributed by atoms with van der Waals surface area (Å²) in [4.78, 5) is 38.6. The fourth-order valence-corrected chi connectivity index (χ4v) is 5.34. The van der Waals surface area contributed by atoms with Crippen molar-refractivity contribution >= 4 is 27.5 Å². The number of carbonyl (C=O) groups excluding carboxylic acids is 1. The maximum atomic E-state index is 13.3. The lowest BCUT2D eigenvalue weighted by molar-refractivity contribution is -0.121. The number of nitrogens with zero attached hydrogens (tertiary/aromatic N) is 3. The number of aromatic nitrogens is 2. The van der Waals surface area contributed by atoms with Crippen LogP contribution in [0.5, 0.6) is 11.5 Å². The summed E-state index contributed by atoms with van der Waals surface area (Å²) in [7, 11) is 0. The summed E-state index contributed by atoms with van der Waals surface area (Å²) in [6.45, 7) is 1.09. The summed E-state index contributed by atoms with van der Waals surface area (Å²) in [5, 5.41) is 14.1. The smallest absolute Gasteiger partial charge is 0.331 e. The van der Waals surface area contributed by atoms with E-state index < -0.39 is 5.69 Å². The Kier molecular flexibility index (Phi) is 7.56. The molecule has 0 atom stereocenters. The molecule has 1 aliphatic heterocycles. The number of rotatable bonds is 10. The monoisotopic (exact) mass is 530 g/mol. The number of hydrogen-bond acceptors (Lipinski definition) is 7. The average molecular weight is 531 g/mol. The van der Waals surface area contributed by atoms with Crippen LogP contribution < -0.4 is 26.0 Å². The van der Waals surface area contributed by atoms with E-state index in [1.807, 2.05) is 30.3 Å². The number of thiophene rings is 1. The molecule has 5 rings (SSSR count). The Labute approximate surface area is 222 Å². The van der Waals surface area contributed by atoms with Crippen LogP contribution in [0.25, 0.3) is 10.2 Å². The van der Waals surface area contributed by atoms with Crippen molar-refractivity contribution in [3.63, 3.8) is 0 Å². The summed E-state index contributed by atoms with van der Waals surface area (Å²) in [5.41, 5.74) is 2.04. The Bertz CT molecular complexity index is 1650. The Morgan fingerprint density at radius 3 is 2.74 bits per heavy atom. The zero-order valence-electron chi connectivity index (χ0n) is 20.6. The predicted octanol–water partition coefficient (Wildman–Crippen LogP) is 3.75. The van der Waals surface area contributed by atoms with Gasteiger partial charge in [0.15, 0.2) is 11.5 Å². The summed E-state index contributed by atoms with van der Waals surface area (Å²) >= 11 is 1.30. The third-order valence-electron chi connectivity index (χ3n) is 6.51. The van der Waals surface area contributed by atoms with Crippen LogP contribution in [-0.2, 0) is 24.4 Å². The Morgan fingerprint density at radius 2 is 1.87 bits per heavy atom. The molecule has 4 aromatic rings. The molecule has 0 fully saturated rings. The maximum absolute atomic E-state index is 13.3. The number of carbonyl (C=O) groups is 1. The van der Waals surface area contributed by atoms with Crippen molar-refractivity contribution in [2.45, 2.75) is 45.3 Å². The van der Waals surface area contributed by atoms with E-state index in [2.05, 4.69) is 11.4 Å². The molecule has 2 aromatic carbocycles. The summed E-state index contributed by atoms with van der Waals surface area (Å²) < 4.78 is 14.0. The van der Waals surface area contributed by atoms with Crippen molar-refractivity contribution in [1.82, 2.24) is 14.5 Å². The lowest BCUT2D eigenvalue weighted by atomic mass is 10.1. The number of nitriles is 1. The molecule has 0 unspecified atom stereocenters. The number of ether oxygens (including phenoxy) is 2. The molecule has 38 heavy (non-hydrogen) atoms. The van der Waals surface area contributed by atoms with Gasteiger partial charge >= 0.3 is 5.69 Å². The van der Waals surface area contributed by atoms with Crippen LogP contribution in [0.15, 0.2) is 63.5 Å². The van der Waals surface area contributed by atoms with Gasteiger partial charge < -0.3 is 14.8 Å². The second-order valence-corrected chi connectivity index (χ2v) is 9.92. The standard InChI is InChI=1S/C28H26N4O5S/c29-15-20-6-3-4-7-21(20)17-32-22-11-13-38-26(22)27(34)31(28(32)35)12-5-1-2-8-25(33)30-16-19-9-10-23-24(14-19)37-18-36-23/h3-4,6-7,9-11,13-14H,1-2,5,8,12,16-18H2,(H,30,33). The number of fused-ring (bicyclic) bond motifs is 2. The number of amides is 1. The van der Waals surface area contributed by atoms with Gasteiger partial charge in [-0.25, -0.2) is 4.79 Å². The van der Waals surface area contributed by atoms with Crippen molar-refractivity contribution in [3.8, 4) is 17.6 Å². The second kappa shape index (κ2) is 11.4. The van der Waals surface area contributed by atoms with E-state index in [0.717, 1.165) is 11.1 Å². The van der Waals surface area contributed by atoms with E-state index in [0.29, 0.717) is 59.5 Å². The first-order valence-electron chi connectivity index (χ1n) is 12.4. The van der Waals surface area contributed by atoms with Crippen LogP contribution >= 0.6 is 11.3 Å². The van der Waals surface area contributed by atoms with Gasteiger partial charge in [0, 0.05) is 19.5 Å². The Balaban J connectivity index is 1.18. The van der Waals surface area contributed by atoms with Gasteiger partial charge in [-0.2, -0.15) is 5.26 Å². The van der Waals surface area contributed by atoms with Crippen LogP contribution in [0.4, 0.5) is 0 Å². The highest BCUT2D eigenvalue weighted by atomic mass is 32.1. The number of nitrogens with one attached hydrogen (secondary N) is 1. The fourth-order valence-electron chi connectivity index (χ4n) is 4.49. The third-order valence-corrected chi connectivity index (χ3v) is 7.41. The molecule has 10 heteroatoms. The van der Waals surface area contributed by atoms with Crippen LogP contribution in [-0.4, -0.2) is 21.8 Å². The van der Waals surface area contributed by atoms with Crippen LogP contribution in [0.2, 0.25) is 0 Å². The molecule has 0 bridgehead atoms. The highest BCUT2D eigenvalue weighted by Gasteiger charge is 2.16. The SMILES string of the molecule is N#Cc1ccccc1Cn1c(=O)n(CCCCCC(=O)NCc2ccc3c(c2)OCO3)c(=O)c2sccc21. The number of hydrogen-bond donors (Lipinski definition) is 1. The molecule has 0 saturated heterocycles. The van der Waals surface area contributed by atoms with E-state index in [-0.39, 0.29) is 31.3 Å². The van der Waals surface area contributed by atoms with E-state index in [1.165, 1.54) is 15.9 Å². The number of unbranched alkanes of at least 4 members (excludes halogenated alkanes) is 2. The van der Waals surface area contributed by atoms with Crippen molar-refractivity contribution < 1.29 is 14.3 Å². The lowest BCUT2D eigenvalue weighted by Crippen LogP contribution is -2.40. The van der Waals surface area contributed by atoms with Crippen LogP contribution in [0.3, 0.4) is 0 Å². The van der Waals surface area contributed by atoms with E-state index >= 15 is 0 Å². The molecule has 0 saturated carbocycles. The van der Waals surface area contributed by atoms with Gasteiger partial charge in [-0.1, -0.05) is 30.7 Å². The summed E-state index contributed by atoms with van der Waals surface area (Å²) in [5.74, 6) is 1.33. The van der Waals surface area contributed by atoms with Gasteiger partial charge in [0.25, 0.3) is 5.56 Å². The van der Waals surface area contributed by atoms with Crippen LogP contribution in [0.1, 0.15) is 42.4 Å². The highest BCUT2D eigenvalue weighted by Crippen LogP contribution is 2.32. The maximum Gasteiger partial charge on any atom is 0.331 e. The van der Waals surface area contributed by atoms with Gasteiger partial charge in [-0.15, -0.1) is 11.3 Å². The average Bonchev–Trinajstić information content (AvgIpc) is 3.61. The van der Waals surface area contributed by atoms with Crippen molar-refractivity contribution in [1.29, 1.82) is 5.26 Å². The minimum atomic E-state index is -0.393. The van der Waals surface area contributed by atoms with Gasteiger partial charge in [-0.05, 0) is 53.6 Å². The Hall–Kier alpha value is -4.36. The Morgan fingerprint density at radius 1 is 1.03 bits per heavy atom. The van der Waals surface area contributed by atoms with Crippen molar-refractivity contribution in [3.05, 3.63) is 91.4 Å². The van der Waals surface area contributed by atoms with Gasteiger partial charge in [0.05, 0.1) is 23.7 Å². The molecule has 194 valence electrons. The van der Waals surface area contributed by atoms with E-state index in [4.69, 9.17) is 9.47 Å². The minimum absolute atomic E-state index is 0.0571. The molecular formula is C28H26N4O5S. The minimum Gasteiger partial charge on any atom is -0.454 e. The molecular weight excluding hydrogens is 504 g/mol. The molecule has 1 amide bonds. The molecule has 1 aliphatic rings. The highest BCUT2D eigenvalue weighted by molar-refractivity contribution is 7.17. The van der Waals surface area contributed by atoms with E-state index in [1.54, 1.807) is 28.1 Å². The number of benzene rings is 2. The first-order chi connectivity index (χ1) is 18.5. The summed E-state index contributed by atoms with van der Waals surface area (Å²) in [6.07, 6.45) is 2.30. The molecule has 0 aliphatic carbocycles. The fraction of sp³-hybridized carbons (Fsp3) is 0.286. The molecule has 2 aromatic heterocycles. The zero-order chi connectivity index (χ0) is 26.5. The lowest BCUT2D eigenvalue weighted by Gasteiger charge is -2.13. The van der Waals surface area contributed by atoms with E-state index in [9.17, 15) is 19.6 Å². The third kappa shape index (κ3) is 5.33. The second-order valence-electron chi connectivity index (χ2n) is 9.00. The first-order valence-corrected chi connectivity index (χ1v) is 13.3. The van der Waals surface area contributed by atoms with Gasteiger partial charge in [-0.3, -0.25) is 18.7 Å². The molecule has 1 N–H and O–H groups in total. The van der Waals surface area contributed by atoms with Gasteiger partial charge in [0.1, 0.15) is 4.70 Å². The van der Waals surface area contributed by atoms with Crippen molar-refractivity contribution in [2.24, 2.45) is 0 Å². The first kappa shape index (κ1) is 25.3. The molecule has 3 heterocycles. The normalized spacial score (nSPS) is 12.0.